The Labute approximate surface area is 200 Å². The minimum Gasteiger partial charge on any atom is -0.465 e. The molecule has 0 aromatic carbocycles. The average Bonchev–Trinajstić information content (AvgIpc) is 3.28. The molecule has 2 N–H and O–H groups in total. The van der Waals surface area contributed by atoms with E-state index in [9.17, 15) is 19.8 Å². The Morgan fingerprint density at radius 2 is 1.88 bits per heavy atom. The first-order valence-corrected chi connectivity index (χ1v) is 12.6. The van der Waals surface area contributed by atoms with Crippen molar-refractivity contribution in [3.05, 3.63) is 0 Å². The fourth-order valence-corrected chi connectivity index (χ4v) is 7.89. The van der Waals surface area contributed by atoms with Crippen LogP contribution < -0.4 is 0 Å². The van der Waals surface area contributed by atoms with E-state index in [1.54, 1.807) is 0 Å². The molecule has 4 aliphatic rings. The molecule has 2 saturated heterocycles. The molecule has 10 atom stereocenters. The zero-order valence-electron chi connectivity index (χ0n) is 19.9. The van der Waals surface area contributed by atoms with Gasteiger partial charge in [-0.25, -0.2) is 0 Å². The van der Waals surface area contributed by atoms with E-state index in [-0.39, 0.29) is 36.3 Å². The van der Waals surface area contributed by atoms with Crippen molar-refractivity contribution in [1.29, 1.82) is 0 Å². The van der Waals surface area contributed by atoms with Crippen molar-refractivity contribution in [3.8, 4) is 0 Å². The number of hydrogen-bond acceptors (Lipinski definition) is 8. The van der Waals surface area contributed by atoms with Gasteiger partial charge < -0.3 is 29.2 Å². The zero-order chi connectivity index (χ0) is 24.2. The lowest BCUT2D eigenvalue weighted by molar-refractivity contribution is -0.290. The molecule has 4 rings (SSSR count). The quantitative estimate of drug-likeness (QED) is 0.449. The summed E-state index contributed by atoms with van der Waals surface area (Å²) in [6.45, 7) is 6.93. The molecule has 4 fully saturated rings. The van der Waals surface area contributed by atoms with Crippen molar-refractivity contribution >= 4 is 23.5 Å². The van der Waals surface area contributed by atoms with Gasteiger partial charge in [0.25, 0.3) is 0 Å². The van der Waals surface area contributed by atoms with Crippen LogP contribution in [0, 0.1) is 28.6 Å². The maximum absolute atomic E-state index is 12.1. The van der Waals surface area contributed by atoms with E-state index in [2.05, 4.69) is 13.8 Å². The topological polar surface area (TPSA) is 112 Å². The molecule has 0 bridgehead atoms. The van der Waals surface area contributed by atoms with Crippen LogP contribution in [0.3, 0.4) is 0 Å². The largest absolute Gasteiger partial charge is 0.465 e. The van der Waals surface area contributed by atoms with Gasteiger partial charge in [-0.1, -0.05) is 20.3 Å². The van der Waals surface area contributed by atoms with Crippen LogP contribution in [0.1, 0.15) is 66.2 Å². The summed E-state index contributed by atoms with van der Waals surface area (Å²) in [5.74, 6) is -0.931. The summed E-state index contributed by atoms with van der Waals surface area (Å²) in [4.78, 5) is 24.1. The molecular weight excluding hydrogens is 452 g/mol. The SMILES string of the molecule is CC(=O)OC[C@@]12[C@@H](OC(C)=O)C[C@@H](C)[C@](C)(C3C[C@H]4CC(O)O[C@H]4O3)[C@H]1CCC[C@]2(O)CCl. The van der Waals surface area contributed by atoms with E-state index in [0.717, 1.165) is 19.3 Å². The summed E-state index contributed by atoms with van der Waals surface area (Å²) in [6.07, 6.45) is 1.64. The van der Waals surface area contributed by atoms with Gasteiger partial charge in [0.15, 0.2) is 12.6 Å². The van der Waals surface area contributed by atoms with Gasteiger partial charge in [-0.15, -0.1) is 11.6 Å². The predicted octanol–water partition coefficient (Wildman–Crippen LogP) is 2.75. The number of rotatable bonds is 5. The smallest absolute Gasteiger partial charge is 0.302 e. The van der Waals surface area contributed by atoms with E-state index >= 15 is 0 Å². The molecule has 8 nitrogen and oxygen atoms in total. The van der Waals surface area contributed by atoms with E-state index in [0.29, 0.717) is 19.3 Å². The van der Waals surface area contributed by atoms with Gasteiger partial charge in [-0.2, -0.15) is 0 Å². The normalized spacial score (nSPS) is 49.2. The van der Waals surface area contributed by atoms with Crippen LogP contribution in [-0.4, -0.2) is 65.0 Å². The van der Waals surface area contributed by atoms with Gasteiger partial charge in [0.2, 0.25) is 0 Å². The summed E-state index contributed by atoms with van der Waals surface area (Å²) in [7, 11) is 0. The summed E-state index contributed by atoms with van der Waals surface area (Å²) < 4.78 is 23.4. The molecular formula is C24H37ClO8. The number of hydrogen-bond donors (Lipinski definition) is 2. The van der Waals surface area contributed by atoms with Crippen molar-refractivity contribution in [2.75, 3.05) is 12.5 Å². The maximum Gasteiger partial charge on any atom is 0.302 e. The first kappa shape index (κ1) is 25.2. The maximum atomic E-state index is 12.1. The van der Waals surface area contributed by atoms with Crippen LogP contribution in [0.5, 0.6) is 0 Å². The molecule has 2 saturated carbocycles. The lowest BCUT2D eigenvalue weighted by Gasteiger charge is -2.66. The van der Waals surface area contributed by atoms with Crippen molar-refractivity contribution in [1.82, 2.24) is 0 Å². The van der Waals surface area contributed by atoms with Gasteiger partial charge in [-0.05, 0) is 37.5 Å². The van der Waals surface area contributed by atoms with Crippen LogP contribution in [0.15, 0.2) is 0 Å². The Hall–Kier alpha value is -0.930. The van der Waals surface area contributed by atoms with Gasteiger partial charge >= 0.3 is 11.9 Å². The number of alkyl halides is 1. The Bertz CT molecular complexity index is 764. The van der Waals surface area contributed by atoms with E-state index in [1.807, 2.05) is 0 Å². The van der Waals surface area contributed by atoms with Crippen LogP contribution in [0.4, 0.5) is 0 Å². The number of ether oxygens (including phenoxy) is 4. The summed E-state index contributed by atoms with van der Waals surface area (Å²) in [5, 5.41) is 21.8. The highest BCUT2D eigenvalue weighted by atomic mass is 35.5. The monoisotopic (exact) mass is 488 g/mol. The van der Waals surface area contributed by atoms with Crippen LogP contribution in [0.2, 0.25) is 0 Å². The second kappa shape index (κ2) is 8.94. The molecule has 0 amide bonds. The third kappa shape index (κ3) is 3.90. The molecule has 0 spiro atoms. The Morgan fingerprint density at radius 3 is 2.48 bits per heavy atom. The molecule has 9 heteroatoms. The number of carbonyl (C=O) groups excluding carboxylic acids is 2. The van der Waals surface area contributed by atoms with Crippen molar-refractivity contribution in [2.24, 2.45) is 28.6 Å². The summed E-state index contributed by atoms with van der Waals surface area (Å²) >= 11 is 6.42. The third-order valence-corrected chi connectivity index (χ3v) is 9.70. The zero-order valence-corrected chi connectivity index (χ0v) is 20.7. The molecule has 2 unspecified atom stereocenters. The average molecular weight is 489 g/mol. The van der Waals surface area contributed by atoms with Crippen molar-refractivity contribution in [2.45, 2.75) is 96.6 Å². The second-order valence-corrected chi connectivity index (χ2v) is 11.1. The molecule has 2 aliphatic carbocycles. The van der Waals surface area contributed by atoms with Crippen LogP contribution >= 0.6 is 11.6 Å². The first-order valence-electron chi connectivity index (χ1n) is 12.1. The predicted molar refractivity (Wildman–Crippen MR) is 118 cm³/mol. The molecule has 188 valence electrons. The molecule has 33 heavy (non-hydrogen) atoms. The van der Waals surface area contributed by atoms with Gasteiger partial charge in [0, 0.05) is 31.6 Å². The summed E-state index contributed by atoms with van der Waals surface area (Å²) in [5.41, 5.74) is -2.86. The Morgan fingerprint density at radius 1 is 1.15 bits per heavy atom. The number of fused-ring (bicyclic) bond motifs is 2. The second-order valence-electron chi connectivity index (χ2n) is 10.8. The number of carbonyl (C=O) groups is 2. The lowest BCUT2D eigenvalue weighted by atomic mass is 9.41. The number of aliphatic hydroxyl groups excluding tert-OH is 1. The standard InChI is InChI=1S/C24H37ClO8/c1-13-8-19(31-15(3)27)24(12-30-14(2)26)17(6-5-7-23(24,29)11-25)22(13,4)18-9-16-10-20(28)33-21(16)32-18/h13,16-21,28-29H,5-12H2,1-4H3/t13-,16+,17-,18?,19+,20?,21-,22+,23+,24+/m1/s1. The van der Waals surface area contributed by atoms with Gasteiger partial charge in [-0.3, -0.25) is 9.59 Å². The lowest BCUT2D eigenvalue weighted by Crippen LogP contribution is -2.72. The molecule has 0 aromatic heterocycles. The fourth-order valence-electron chi connectivity index (χ4n) is 7.50. The van der Waals surface area contributed by atoms with E-state index in [1.165, 1.54) is 13.8 Å². The Balaban J connectivity index is 1.79. The summed E-state index contributed by atoms with van der Waals surface area (Å²) in [6, 6.07) is 0. The first-order chi connectivity index (χ1) is 15.5. The Kier molecular flexibility index (Phi) is 6.82. The van der Waals surface area contributed by atoms with E-state index in [4.69, 9.17) is 30.5 Å². The molecule has 2 aliphatic heterocycles. The number of halogens is 1. The number of esters is 2. The highest BCUT2D eigenvalue weighted by molar-refractivity contribution is 6.18. The molecule has 2 heterocycles. The highest BCUT2D eigenvalue weighted by Crippen LogP contribution is 2.67. The fraction of sp³-hybridized carbons (Fsp3) is 0.917. The van der Waals surface area contributed by atoms with Crippen LogP contribution in [-0.2, 0) is 28.5 Å². The number of aliphatic hydroxyl groups is 2. The van der Waals surface area contributed by atoms with E-state index < -0.39 is 47.1 Å². The molecule has 0 aromatic rings. The minimum absolute atomic E-state index is 0.0565. The van der Waals surface area contributed by atoms with Crippen molar-refractivity contribution < 1.29 is 38.7 Å². The van der Waals surface area contributed by atoms with Crippen molar-refractivity contribution in [3.63, 3.8) is 0 Å². The van der Waals surface area contributed by atoms with Crippen LogP contribution in [0.25, 0.3) is 0 Å². The third-order valence-electron chi connectivity index (χ3n) is 9.26. The van der Waals surface area contributed by atoms with Gasteiger partial charge in [0.1, 0.15) is 12.7 Å². The van der Waals surface area contributed by atoms with Gasteiger partial charge in [0.05, 0.1) is 23.0 Å². The minimum atomic E-state index is -1.38. The highest BCUT2D eigenvalue weighted by Gasteiger charge is 2.72. The molecule has 0 radical (unpaired) electrons.